The Labute approximate surface area is 84.1 Å². The minimum absolute atomic E-state index is 0.115. The first-order chi connectivity index (χ1) is 6.82. The third kappa shape index (κ3) is 2.73. The van der Waals surface area contributed by atoms with Crippen molar-refractivity contribution in [3.05, 3.63) is 0 Å². The first-order valence-corrected chi connectivity index (χ1v) is 3.52. The number of hydrogen-bond acceptors (Lipinski definition) is 5. The van der Waals surface area contributed by atoms with E-state index in [0.29, 0.717) is 5.01 Å². The summed E-state index contributed by atoms with van der Waals surface area (Å²) < 4.78 is 0. The lowest BCUT2D eigenvalue weighted by atomic mass is 10.6. The lowest BCUT2D eigenvalue weighted by molar-refractivity contribution is -0.824. The van der Waals surface area contributed by atoms with Gasteiger partial charge in [-0.1, -0.05) is 5.01 Å². The molecule has 1 atom stereocenters. The van der Waals surface area contributed by atoms with Crippen LogP contribution in [0.15, 0.2) is 0 Å². The quantitative estimate of drug-likeness (QED) is 0.0757. The van der Waals surface area contributed by atoms with Crippen molar-refractivity contribution in [2.75, 3.05) is 0 Å². The van der Waals surface area contributed by atoms with Gasteiger partial charge in [-0.15, -0.1) is 5.01 Å². The van der Waals surface area contributed by atoms with Gasteiger partial charge in [0.05, 0.1) is 0 Å². The van der Waals surface area contributed by atoms with Crippen LogP contribution in [0, 0.1) is 16.2 Å². The predicted molar refractivity (Wildman–Crippen MR) is 49.6 cm³/mol. The van der Waals surface area contributed by atoms with Crippen molar-refractivity contribution in [1.29, 1.82) is 16.2 Å². The third-order valence-electron chi connectivity index (χ3n) is 1.30. The highest BCUT2D eigenvalue weighted by Gasteiger charge is 2.34. The van der Waals surface area contributed by atoms with Crippen molar-refractivity contribution in [3.8, 4) is 0 Å². The molecule has 0 saturated carbocycles. The van der Waals surface area contributed by atoms with Crippen molar-refractivity contribution < 1.29 is 14.6 Å². The second-order valence-electron chi connectivity index (χ2n) is 2.35. The second kappa shape index (κ2) is 4.66. The van der Waals surface area contributed by atoms with Gasteiger partial charge in [-0.2, -0.15) is 0 Å². The van der Waals surface area contributed by atoms with E-state index in [1.54, 1.807) is 0 Å². The highest BCUT2D eigenvalue weighted by atomic mass is 16.2. The summed E-state index contributed by atoms with van der Waals surface area (Å²) in [6.45, 7) is 0. The standard InChI is InChI=1S/C5H10N8O2/c6-3(7)12(2(15)1-14)13(4(8)9)5(10)11/h1H,(H3,6,7)(H3,8,9)(H3,10,11)/p+1. The van der Waals surface area contributed by atoms with Gasteiger partial charge in [0.2, 0.25) is 18.2 Å². The molecule has 0 aromatic carbocycles. The van der Waals surface area contributed by atoms with E-state index in [-0.39, 0.29) is 6.29 Å². The molecule has 0 heterocycles. The Balaban J connectivity index is 5.28. The van der Waals surface area contributed by atoms with Crippen molar-refractivity contribution >= 4 is 30.1 Å². The number of hydrogen-bond donors (Lipinski definition) is 7. The molecule has 0 aliphatic carbocycles. The molecular weight excluding hydrogens is 204 g/mol. The minimum Gasteiger partial charge on any atom is -0.366 e. The number of rotatable bonds is 1. The van der Waals surface area contributed by atoms with Crippen molar-refractivity contribution in [3.63, 3.8) is 0 Å². The molecule has 15 heavy (non-hydrogen) atoms. The normalized spacial score (nSPS) is 11.2. The molecule has 0 spiro atoms. The summed E-state index contributed by atoms with van der Waals surface area (Å²) >= 11 is 0. The van der Waals surface area contributed by atoms with Crippen molar-refractivity contribution in [2.45, 2.75) is 0 Å². The van der Waals surface area contributed by atoms with Gasteiger partial charge in [-0.05, 0) is 0 Å². The maximum atomic E-state index is 11.0. The van der Waals surface area contributed by atoms with Gasteiger partial charge in [0.1, 0.15) is 0 Å². The summed E-state index contributed by atoms with van der Waals surface area (Å²) in [6.07, 6.45) is -0.115. The summed E-state index contributed by atoms with van der Waals surface area (Å²) in [4.78, 5) is 21.3. The number of nitrogens with one attached hydrogen (secondary N) is 4. The number of nitrogens with zero attached hydrogens (tertiary/aromatic N) is 1. The lowest BCUT2D eigenvalue weighted by Gasteiger charge is -2.23. The molecule has 0 aromatic heterocycles. The molecule has 0 saturated heterocycles. The Hall–Kier alpha value is -2.49. The van der Waals surface area contributed by atoms with Crippen LogP contribution in [-0.4, -0.2) is 35.1 Å². The number of amides is 1. The van der Waals surface area contributed by atoms with Crippen LogP contribution in [0.3, 0.4) is 0 Å². The maximum absolute atomic E-state index is 11.0. The maximum Gasteiger partial charge on any atom is 0.409 e. The van der Waals surface area contributed by atoms with Crippen LogP contribution >= 0.6 is 0 Å². The SMILES string of the molecule is N=C(N)N(C(=N)N)[NH+](C(=N)N)C(=O)C=O. The highest BCUT2D eigenvalue weighted by molar-refractivity contribution is 6.21. The summed E-state index contributed by atoms with van der Waals surface area (Å²) in [6, 6.07) is 0. The topological polar surface area (TPSA) is 191 Å². The fraction of sp³-hybridized carbons (Fsp3) is 0. The average molecular weight is 215 g/mol. The Morgan fingerprint density at radius 3 is 1.73 bits per heavy atom. The van der Waals surface area contributed by atoms with Gasteiger partial charge in [0.15, 0.2) is 0 Å². The molecule has 0 fully saturated rings. The van der Waals surface area contributed by atoms with Crippen LogP contribution in [0.4, 0.5) is 0 Å². The van der Waals surface area contributed by atoms with E-state index >= 15 is 0 Å². The molecule has 0 aliphatic heterocycles. The zero-order valence-electron chi connectivity index (χ0n) is 7.57. The molecule has 1 unspecified atom stereocenters. The third-order valence-corrected chi connectivity index (χ3v) is 1.30. The van der Waals surface area contributed by atoms with Gasteiger partial charge < -0.3 is 17.2 Å². The van der Waals surface area contributed by atoms with Crippen LogP contribution in [0.25, 0.3) is 0 Å². The van der Waals surface area contributed by atoms with E-state index in [0.717, 1.165) is 0 Å². The van der Waals surface area contributed by atoms with Gasteiger partial charge in [-0.3, -0.25) is 15.6 Å². The van der Waals surface area contributed by atoms with E-state index in [9.17, 15) is 9.59 Å². The van der Waals surface area contributed by atoms with E-state index in [2.05, 4.69) is 0 Å². The van der Waals surface area contributed by atoms with Crippen molar-refractivity contribution in [2.24, 2.45) is 17.2 Å². The molecule has 82 valence electrons. The Kier molecular flexibility index (Phi) is 3.89. The van der Waals surface area contributed by atoms with Crippen LogP contribution < -0.4 is 22.2 Å². The minimum atomic E-state index is -1.19. The summed E-state index contributed by atoms with van der Waals surface area (Å²) in [7, 11) is 0. The molecule has 0 rings (SSSR count). The van der Waals surface area contributed by atoms with Crippen LogP contribution in [0.2, 0.25) is 0 Å². The van der Waals surface area contributed by atoms with Crippen molar-refractivity contribution in [1.82, 2.24) is 5.01 Å². The number of guanidine groups is 3. The number of nitrogens with two attached hydrogens (primary N) is 3. The number of carbonyl (C=O) groups is 2. The Morgan fingerprint density at radius 2 is 1.53 bits per heavy atom. The van der Waals surface area contributed by atoms with Crippen LogP contribution in [0.1, 0.15) is 0 Å². The lowest BCUT2D eigenvalue weighted by Crippen LogP contribution is -3.25. The molecule has 10 N–H and O–H groups in total. The fourth-order valence-corrected chi connectivity index (χ4v) is 0.790. The van der Waals surface area contributed by atoms with E-state index < -0.39 is 28.8 Å². The van der Waals surface area contributed by atoms with Crippen LogP contribution in [0.5, 0.6) is 0 Å². The molecule has 0 aliphatic rings. The first kappa shape index (κ1) is 12.5. The zero-order chi connectivity index (χ0) is 12.2. The van der Waals surface area contributed by atoms with Gasteiger partial charge in [-0.25, -0.2) is 10.2 Å². The smallest absolute Gasteiger partial charge is 0.366 e. The van der Waals surface area contributed by atoms with E-state index in [4.69, 9.17) is 33.4 Å². The van der Waals surface area contributed by atoms with Crippen LogP contribution in [-0.2, 0) is 9.59 Å². The fourth-order valence-electron chi connectivity index (χ4n) is 0.790. The number of carbonyl (C=O) groups excluding carboxylic acids is 2. The predicted octanol–water partition coefficient (Wildman–Crippen LogP) is -4.51. The Bertz CT molecular complexity index is 322. The Morgan fingerprint density at radius 1 is 1.13 bits per heavy atom. The largest absolute Gasteiger partial charge is 0.409 e. The molecule has 0 bridgehead atoms. The van der Waals surface area contributed by atoms with E-state index in [1.165, 1.54) is 0 Å². The number of quaternary nitrogens is 1. The molecule has 1 amide bonds. The van der Waals surface area contributed by atoms with E-state index in [1.807, 2.05) is 0 Å². The summed E-state index contributed by atoms with van der Waals surface area (Å²) in [5.74, 6) is -3.57. The molecule has 0 radical (unpaired) electrons. The molecule has 10 nitrogen and oxygen atoms in total. The second-order valence-corrected chi connectivity index (χ2v) is 2.35. The average Bonchev–Trinajstić information content (AvgIpc) is 2.10. The van der Waals surface area contributed by atoms with Gasteiger partial charge >= 0.3 is 11.9 Å². The van der Waals surface area contributed by atoms with Gasteiger partial charge in [0, 0.05) is 0 Å². The first-order valence-electron chi connectivity index (χ1n) is 3.52. The molecule has 10 heteroatoms. The highest BCUT2D eigenvalue weighted by Crippen LogP contribution is 1.71. The summed E-state index contributed by atoms with van der Waals surface area (Å²) in [5, 5.41) is 20.7. The molecule has 0 aromatic rings. The number of aldehydes is 1. The molecular formula is C5H11N8O2+. The monoisotopic (exact) mass is 215 g/mol. The zero-order valence-corrected chi connectivity index (χ0v) is 7.57. The summed E-state index contributed by atoms with van der Waals surface area (Å²) in [5.41, 5.74) is 15.0. The van der Waals surface area contributed by atoms with Gasteiger partial charge in [0.25, 0.3) is 0 Å².